The van der Waals surface area contributed by atoms with E-state index in [4.69, 9.17) is 15.2 Å². The summed E-state index contributed by atoms with van der Waals surface area (Å²) in [4.78, 5) is 18.3. The molecule has 1 N–H and O–H groups in total. The summed E-state index contributed by atoms with van der Waals surface area (Å²) in [5.41, 5.74) is 0. The van der Waals surface area contributed by atoms with E-state index in [2.05, 4.69) is 19.7 Å². The maximum Gasteiger partial charge on any atom is 0.327 e. The van der Waals surface area contributed by atoms with Crippen LogP contribution in [0.4, 0.5) is 0 Å². The lowest BCUT2D eigenvalue weighted by molar-refractivity contribution is -0.131. The van der Waals surface area contributed by atoms with Crippen LogP contribution in [0.15, 0.2) is 38.0 Å². The van der Waals surface area contributed by atoms with Crippen molar-refractivity contribution in [2.24, 2.45) is 0 Å². The molecule has 4 heteroatoms. The van der Waals surface area contributed by atoms with Gasteiger partial charge in [0.1, 0.15) is 6.29 Å². The molecule has 0 saturated carbocycles. The van der Waals surface area contributed by atoms with Gasteiger partial charge in [0.05, 0.1) is 6.07 Å². The molecule has 0 rings (SSSR count). The number of aliphatic carboxylic acids is 1. The number of carboxylic acid groups (broad SMARTS) is 1. The first kappa shape index (κ1) is 17.1. The van der Waals surface area contributed by atoms with Crippen LogP contribution in [0, 0.1) is 11.3 Å². The van der Waals surface area contributed by atoms with Crippen molar-refractivity contribution in [1.29, 1.82) is 5.26 Å². The monoisotopic (exact) mass is 181 g/mol. The van der Waals surface area contributed by atoms with Gasteiger partial charge in [0, 0.05) is 12.2 Å². The van der Waals surface area contributed by atoms with E-state index in [1.807, 2.05) is 0 Å². The average molecular weight is 181 g/mol. The van der Waals surface area contributed by atoms with Gasteiger partial charge < -0.3 is 5.11 Å². The van der Waals surface area contributed by atoms with Crippen LogP contribution in [0.3, 0.4) is 0 Å². The minimum Gasteiger partial charge on any atom is -0.478 e. The predicted molar refractivity (Wildman–Crippen MR) is 49.9 cm³/mol. The van der Waals surface area contributed by atoms with Crippen molar-refractivity contribution >= 4 is 12.3 Å². The van der Waals surface area contributed by atoms with E-state index in [0.717, 1.165) is 6.08 Å². The van der Waals surface area contributed by atoms with E-state index in [1.165, 1.54) is 12.2 Å². The van der Waals surface area contributed by atoms with Crippen LogP contribution in [0.5, 0.6) is 0 Å². The van der Waals surface area contributed by atoms with Gasteiger partial charge in [-0.05, 0) is 6.08 Å². The van der Waals surface area contributed by atoms with Crippen molar-refractivity contribution in [3.05, 3.63) is 38.0 Å². The van der Waals surface area contributed by atoms with Crippen molar-refractivity contribution in [3.8, 4) is 6.07 Å². The molecular formula is C9H11NO3. The van der Waals surface area contributed by atoms with E-state index >= 15 is 0 Å². The minimum absolute atomic E-state index is 0.639. The number of carbonyl (C=O) groups excluding carboxylic acids is 1. The Morgan fingerprint density at radius 1 is 1.38 bits per heavy atom. The van der Waals surface area contributed by atoms with Gasteiger partial charge in [-0.2, -0.15) is 5.26 Å². The van der Waals surface area contributed by atoms with Crippen LogP contribution in [-0.2, 0) is 9.59 Å². The Hall–Kier alpha value is -2.15. The fourth-order valence-electron chi connectivity index (χ4n) is 0. The summed E-state index contributed by atoms with van der Waals surface area (Å²) in [5, 5.41) is 15.1. The van der Waals surface area contributed by atoms with Gasteiger partial charge in [-0.25, -0.2) is 4.79 Å². The molecule has 0 spiro atoms. The third-order valence-corrected chi connectivity index (χ3v) is 0.362. The number of carbonyl (C=O) groups is 2. The van der Waals surface area contributed by atoms with Crippen LogP contribution in [0.2, 0.25) is 0 Å². The molecule has 0 aliphatic heterocycles. The summed E-state index contributed by atoms with van der Waals surface area (Å²) in [5.74, 6) is -0.981. The Morgan fingerprint density at radius 3 is 1.62 bits per heavy atom. The minimum atomic E-state index is -0.981. The zero-order chi connectivity index (χ0) is 11.1. The summed E-state index contributed by atoms with van der Waals surface area (Å²) < 4.78 is 0. The lowest BCUT2D eigenvalue weighted by Gasteiger charge is -1.64. The first-order chi connectivity index (χ1) is 6.10. The fourth-order valence-corrected chi connectivity index (χ4v) is 0. The van der Waals surface area contributed by atoms with Crippen molar-refractivity contribution in [2.75, 3.05) is 0 Å². The van der Waals surface area contributed by atoms with Crippen LogP contribution >= 0.6 is 0 Å². The number of allylic oxidation sites excluding steroid dienone is 2. The summed E-state index contributed by atoms with van der Waals surface area (Å²) >= 11 is 0. The first-order valence-corrected chi connectivity index (χ1v) is 3.02. The van der Waals surface area contributed by atoms with Gasteiger partial charge >= 0.3 is 5.97 Å². The Morgan fingerprint density at radius 2 is 1.62 bits per heavy atom. The Labute approximate surface area is 77.1 Å². The van der Waals surface area contributed by atoms with Gasteiger partial charge in [-0.15, -0.1) is 0 Å². The molecule has 0 atom stereocenters. The molecule has 0 aliphatic carbocycles. The normalized spacial score (nSPS) is 5.15. The average Bonchev–Trinajstić information content (AvgIpc) is 2.18. The van der Waals surface area contributed by atoms with Crippen LogP contribution in [0.1, 0.15) is 0 Å². The predicted octanol–water partition coefficient (Wildman–Crippen LogP) is 1.32. The van der Waals surface area contributed by atoms with Gasteiger partial charge in [0.25, 0.3) is 0 Å². The maximum absolute atomic E-state index is 9.25. The molecule has 0 unspecified atom stereocenters. The number of aldehydes is 1. The molecule has 0 aromatic heterocycles. The van der Waals surface area contributed by atoms with Crippen LogP contribution in [-0.4, -0.2) is 17.4 Å². The van der Waals surface area contributed by atoms with Crippen molar-refractivity contribution in [3.63, 3.8) is 0 Å². The van der Waals surface area contributed by atoms with Gasteiger partial charge in [-0.3, -0.25) is 4.79 Å². The van der Waals surface area contributed by atoms with Crippen molar-refractivity contribution in [1.82, 2.24) is 0 Å². The lowest BCUT2D eigenvalue weighted by atomic mass is 10.7. The highest BCUT2D eigenvalue weighted by Gasteiger charge is 1.73. The van der Waals surface area contributed by atoms with E-state index in [9.17, 15) is 4.79 Å². The molecule has 0 aromatic carbocycles. The molecule has 13 heavy (non-hydrogen) atoms. The highest BCUT2D eigenvalue weighted by Crippen LogP contribution is 1.54. The maximum atomic E-state index is 9.25. The summed E-state index contributed by atoms with van der Waals surface area (Å²) in [7, 11) is 0. The molecule has 0 radical (unpaired) electrons. The van der Waals surface area contributed by atoms with Crippen molar-refractivity contribution < 1.29 is 14.7 Å². The van der Waals surface area contributed by atoms with Gasteiger partial charge in [-0.1, -0.05) is 19.7 Å². The molecule has 0 aromatic rings. The second-order valence-corrected chi connectivity index (χ2v) is 1.25. The Kier molecular flexibility index (Phi) is 29.6. The molecule has 0 amide bonds. The van der Waals surface area contributed by atoms with E-state index in [1.54, 1.807) is 6.07 Å². The smallest absolute Gasteiger partial charge is 0.327 e. The molecule has 0 fully saturated rings. The summed E-state index contributed by atoms with van der Waals surface area (Å²) in [6.07, 6.45) is 3.85. The topological polar surface area (TPSA) is 78.2 Å². The molecule has 70 valence electrons. The molecule has 0 heterocycles. The lowest BCUT2D eigenvalue weighted by Crippen LogP contribution is -1.82. The number of carboxylic acids is 1. The number of nitrogens with zero attached hydrogens (tertiary/aromatic N) is 1. The largest absolute Gasteiger partial charge is 0.478 e. The highest BCUT2D eigenvalue weighted by atomic mass is 16.4. The Balaban J connectivity index is -0.000000117. The third-order valence-electron chi connectivity index (χ3n) is 0.362. The number of rotatable bonds is 2. The number of hydrogen-bond acceptors (Lipinski definition) is 3. The number of nitriles is 1. The molecule has 4 nitrogen and oxygen atoms in total. The summed E-state index contributed by atoms with van der Waals surface area (Å²) in [6.45, 7) is 9.19. The van der Waals surface area contributed by atoms with Crippen LogP contribution in [0.25, 0.3) is 0 Å². The second kappa shape index (κ2) is 22.5. The van der Waals surface area contributed by atoms with Gasteiger partial charge in [0.2, 0.25) is 0 Å². The van der Waals surface area contributed by atoms with Gasteiger partial charge in [0.15, 0.2) is 0 Å². The standard InChI is InChI=1S/C3H3N.C3H4O2.C3H4O/c1-2-3-4;1-2-3(4)5;1-2-3-4/h2H,1H2;2H,1H2,(H,4,5);2-3H,1H2. The summed E-state index contributed by atoms with van der Waals surface area (Å²) in [6, 6.07) is 1.69. The molecule has 0 bridgehead atoms. The fraction of sp³-hybridized carbons (Fsp3) is 0. The van der Waals surface area contributed by atoms with E-state index in [0.29, 0.717) is 6.29 Å². The third kappa shape index (κ3) is 177. The zero-order valence-electron chi connectivity index (χ0n) is 7.14. The first-order valence-electron chi connectivity index (χ1n) is 3.02. The SMILES string of the molecule is C=CC#N.C=CC(=O)O.C=CC=O. The molecular weight excluding hydrogens is 170 g/mol. The van der Waals surface area contributed by atoms with Crippen molar-refractivity contribution in [2.45, 2.75) is 0 Å². The molecule has 0 saturated heterocycles. The zero-order valence-corrected chi connectivity index (χ0v) is 7.14. The molecule has 0 aliphatic rings. The quantitative estimate of drug-likeness (QED) is 0.396. The van der Waals surface area contributed by atoms with E-state index in [-0.39, 0.29) is 0 Å². The van der Waals surface area contributed by atoms with Crippen LogP contribution < -0.4 is 0 Å². The second-order valence-electron chi connectivity index (χ2n) is 1.25. The Bertz CT molecular complexity index is 207. The highest BCUT2D eigenvalue weighted by molar-refractivity contribution is 5.78. The van der Waals surface area contributed by atoms with E-state index < -0.39 is 5.97 Å². The number of hydrogen-bond donors (Lipinski definition) is 1.